The second-order valence-corrected chi connectivity index (χ2v) is 5.88. The number of carbonyl (C=O) groups is 1. The van der Waals surface area contributed by atoms with E-state index in [1.165, 1.54) is 19.3 Å². The standard InChI is InChI=1S/C16H19N3O/c1-19-13-7-5-6-12(11-17)15(13)18-14(20)10-16(19)8-3-2-4-9-16/h5-7H,2-4,8-10H2,1H3,(H,18,20). The van der Waals surface area contributed by atoms with Crippen molar-refractivity contribution in [3.05, 3.63) is 23.8 Å². The molecule has 0 bridgehead atoms. The molecule has 2 aliphatic rings. The molecule has 104 valence electrons. The Morgan fingerprint density at radius 3 is 2.75 bits per heavy atom. The van der Waals surface area contributed by atoms with Gasteiger partial charge in [-0.3, -0.25) is 4.79 Å². The maximum absolute atomic E-state index is 12.3. The summed E-state index contributed by atoms with van der Waals surface area (Å²) in [6.07, 6.45) is 6.21. The van der Waals surface area contributed by atoms with Crippen LogP contribution in [0.25, 0.3) is 0 Å². The molecule has 4 nitrogen and oxygen atoms in total. The lowest BCUT2D eigenvalue weighted by molar-refractivity contribution is -0.117. The minimum Gasteiger partial charge on any atom is -0.367 e. The van der Waals surface area contributed by atoms with Crippen LogP contribution in [0, 0.1) is 11.3 Å². The van der Waals surface area contributed by atoms with E-state index in [2.05, 4.69) is 23.3 Å². The molecule has 0 aromatic heterocycles. The molecule has 1 N–H and O–H groups in total. The van der Waals surface area contributed by atoms with Gasteiger partial charge in [0.25, 0.3) is 0 Å². The van der Waals surface area contributed by atoms with Crippen molar-refractivity contribution in [3.8, 4) is 6.07 Å². The van der Waals surface area contributed by atoms with Gasteiger partial charge in [-0.2, -0.15) is 5.26 Å². The molecule has 1 fully saturated rings. The Kier molecular flexibility index (Phi) is 3.13. The summed E-state index contributed by atoms with van der Waals surface area (Å²) in [7, 11) is 2.06. The van der Waals surface area contributed by atoms with Crippen molar-refractivity contribution >= 4 is 17.3 Å². The molecule has 1 spiro atoms. The number of rotatable bonds is 0. The van der Waals surface area contributed by atoms with Crippen LogP contribution in [0.15, 0.2) is 18.2 Å². The van der Waals surface area contributed by atoms with Gasteiger partial charge >= 0.3 is 0 Å². The second kappa shape index (κ2) is 4.82. The first-order valence-electron chi connectivity index (χ1n) is 7.23. The highest BCUT2D eigenvalue weighted by molar-refractivity contribution is 5.99. The zero-order chi connectivity index (χ0) is 14.2. The van der Waals surface area contributed by atoms with E-state index in [4.69, 9.17) is 0 Å². The Bertz CT molecular complexity index is 582. The van der Waals surface area contributed by atoms with Crippen LogP contribution in [0.5, 0.6) is 0 Å². The third-order valence-corrected chi connectivity index (χ3v) is 4.77. The third kappa shape index (κ3) is 1.94. The molecule has 1 amide bonds. The predicted octanol–water partition coefficient (Wildman–Crippen LogP) is 3.04. The highest BCUT2D eigenvalue weighted by Gasteiger charge is 2.41. The summed E-state index contributed by atoms with van der Waals surface area (Å²) in [5.74, 6) is 0.0280. The highest BCUT2D eigenvalue weighted by atomic mass is 16.1. The van der Waals surface area contributed by atoms with Crippen LogP contribution in [0.3, 0.4) is 0 Å². The molecule has 0 atom stereocenters. The van der Waals surface area contributed by atoms with Crippen LogP contribution in [0.1, 0.15) is 44.1 Å². The molecule has 1 aromatic carbocycles. The normalized spacial score (nSPS) is 20.8. The minimum atomic E-state index is -0.0817. The van der Waals surface area contributed by atoms with Gasteiger partial charge in [-0.15, -0.1) is 0 Å². The number of benzene rings is 1. The topological polar surface area (TPSA) is 56.1 Å². The Balaban J connectivity index is 2.12. The van der Waals surface area contributed by atoms with Crippen molar-refractivity contribution in [2.75, 3.05) is 17.3 Å². The van der Waals surface area contributed by atoms with Gasteiger partial charge in [0.05, 0.1) is 23.4 Å². The van der Waals surface area contributed by atoms with Crippen LogP contribution >= 0.6 is 0 Å². The summed E-state index contributed by atoms with van der Waals surface area (Å²) in [6.45, 7) is 0. The lowest BCUT2D eigenvalue weighted by Gasteiger charge is -2.44. The number of nitriles is 1. The van der Waals surface area contributed by atoms with Crippen LogP contribution < -0.4 is 10.2 Å². The quantitative estimate of drug-likeness (QED) is 0.787. The molecule has 1 aliphatic carbocycles. The van der Waals surface area contributed by atoms with E-state index in [-0.39, 0.29) is 11.4 Å². The summed E-state index contributed by atoms with van der Waals surface area (Å²) in [5, 5.41) is 12.2. The van der Waals surface area contributed by atoms with Crippen LogP contribution in [-0.2, 0) is 4.79 Å². The Morgan fingerprint density at radius 2 is 2.05 bits per heavy atom. The first kappa shape index (κ1) is 13.0. The maximum atomic E-state index is 12.3. The summed E-state index contributed by atoms with van der Waals surface area (Å²) >= 11 is 0. The number of nitrogens with zero attached hydrogens (tertiary/aromatic N) is 2. The zero-order valence-electron chi connectivity index (χ0n) is 11.8. The molecule has 1 aliphatic heterocycles. The van der Waals surface area contributed by atoms with Crippen LogP contribution in [0.2, 0.25) is 0 Å². The van der Waals surface area contributed by atoms with E-state index in [9.17, 15) is 10.1 Å². The van der Waals surface area contributed by atoms with E-state index in [0.29, 0.717) is 17.7 Å². The van der Waals surface area contributed by atoms with E-state index in [1.807, 2.05) is 12.1 Å². The van der Waals surface area contributed by atoms with Crippen molar-refractivity contribution in [2.24, 2.45) is 0 Å². The fourth-order valence-corrected chi connectivity index (χ4v) is 3.62. The fraction of sp³-hybridized carbons (Fsp3) is 0.500. The molecule has 0 unspecified atom stereocenters. The maximum Gasteiger partial charge on any atom is 0.226 e. The molecule has 1 heterocycles. The molecule has 0 radical (unpaired) electrons. The molecule has 3 rings (SSSR count). The van der Waals surface area contributed by atoms with E-state index in [1.54, 1.807) is 6.07 Å². The summed E-state index contributed by atoms with van der Waals surface area (Å²) in [4.78, 5) is 14.5. The van der Waals surface area contributed by atoms with Gasteiger partial charge in [-0.05, 0) is 25.0 Å². The van der Waals surface area contributed by atoms with Crippen molar-refractivity contribution in [3.63, 3.8) is 0 Å². The first-order valence-corrected chi connectivity index (χ1v) is 7.23. The molecular formula is C16H19N3O. The van der Waals surface area contributed by atoms with Crippen molar-refractivity contribution < 1.29 is 4.79 Å². The van der Waals surface area contributed by atoms with Crippen molar-refractivity contribution in [2.45, 2.75) is 44.1 Å². The largest absolute Gasteiger partial charge is 0.367 e. The van der Waals surface area contributed by atoms with Gasteiger partial charge in [0.15, 0.2) is 0 Å². The van der Waals surface area contributed by atoms with Crippen LogP contribution in [0.4, 0.5) is 11.4 Å². The third-order valence-electron chi connectivity index (χ3n) is 4.77. The highest BCUT2D eigenvalue weighted by Crippen LogP contribution is 2.43. The number of hydrogen-bond donors (Lipinski definition) is 1. The van der Waals surface area contributed by atoms with Crippen molar-refractivity contribution in [1.82, 2.24) is 0 Å². The lowest BCUT2D eigenvalue weighted by Crippen LogP contribution is -2.49. The Morgan fingerprint density at radius 1 is 1.30 bits per heavy atom. The molecule has 20 heavy (non-hydrogen) atoms. The summed E-state index contributed by atoms with van der Waals surface area (Å²) < 4.78 is 0. The zero-order valence-corrected chi connectivity index (χ0v) is 11.8. The van der Waals surface area contributed by atoms with E-state index in [0.717, 1.165) is 18.5 Å². The monoisotopic (exact) mass is 269 g/mol. The Hall–Kier alpha value is -2.02. The van der Waals surface area contributed by atoms with Gasteiger partial charge < -0.3 is 10.2 Å². The predicted molar refractivity (Wildman–Crippen MR) is 78.6 cm³/mol. The van der Waals surface area contributed by atoms with Gasteiger partial charge in [0, 0.05) is 12.6 Å². The summed E-state index contributed by atoms with van der Waals surface area (Å²) in [5.41, 5.74) is 2.10. The first-order chi connectivity index (χ1) is 9.66. The Labute approximate surface area is 119 Å². The number of hydrogen-bond acceptors (Lipinski definition) is 3. The average molecular weight is 269 g/mol. The number of fused-ring (bicyclic) bond motifs is 1. The SMILES string of the molecule is CN1c2cccc(C#N)c2NC(=O)CC12CCCCC2. The molecule has 0 saturated heterocycles. The van der Waals surface area contributed by atoms with Gasteiger partial charge in [0.1, 0.15) is 6.07 Å². The average Bonchev–Trinajstić information content (AvgIpc) is 2.56. The smallest absolute Gasteiger partial charge is 0.226 e. The lowest BCUT2D eigenvalue weighted by atomic mass is 9.78. The van der Waals surface area contributed by atoms with Gasteiger partial charge in [-0.1, -0.05) is 25.3 Å². The van der Waals surface area contributed by atoms with Gasteiger partial charge in [-0.25, -0.2) is 0 Å². The molecule has 1 saturated carbocycles. The molecule has 1 aromatic rings. The summed E-state index contributed by atoms with van der Waals surface area (Å²) in [6, 6.07) is 7.82. The number of amides is 1. The number of para-hydroxylation sites is 1. The fourth-order valence-electron chi connectivity index (χ4n) is 3.62. The number of anilines is 2. The minimum absolute atomic E-state index is 0.0280. The second-order valence-electron chi connectivity index (χ2n) is 5.88. The molecule has 4 heteroatoms. The molecular weight excluding hydrogens is 250 g/mol. The van der Waals surface area contributed by atoms with E-state index < -0.39 is 0 Å². The van der Waals surface area contributed by atoms with Crippen LogP contribution in [-0.4, -0.2) is 18.5 Å². The van der Waals surface area contributed by atoms with E-state index >= 15 is 0 Å². The number of nitrogens with one attached hydrogen (secondary N) is 1. The van der Waals surface area contributed by atoms with Crippen molar-refractivity contribution in [1.29, 1.82) is 5.26 Å². The number of carbonyl (C=O) groups excluding carboxylic acids is 1. The van der Waals surface area contributed by atoms with Gasteiger partial charge in [0.2, 0.25) is 5.91 Å².